The highest BCUT2D eigenvalue weighted by molar-refractivity contribution is 5.81. The second kappa shape index (κ2) is 5.19. The van der Waals surface area contributed by atoms with Crippen molar-refractivity contribution in [2.45, 2.75) is 38.3 Å². The molecule has 1 amide bonds. The number of carbonyl (C=O) groups is 1. The molecule has 0 aromatic heterocycles. The summed E-state index contributed by atoms with van der Waals surface area (Å²) in [5.74, 6) is -0.0574. The van der Waals surface area contributed by atoms with Crippen LogP contribution in [0.4, 0.5) is 0 Å². The Morgan fingerprint density at radius 3 is 3.08 bits per heavy atom. The van der Waals surface area contributed by atoms with E-state index in [2.05, 4.69) is 5.32 Å². The molecule has 0 aromatic rings. The zero-order chi connectivity index (χ0) is 9.68. The van der Waals surface area contributed by atoms with Gasteiger partial charge in [0.25, 0.3) is 0 Å². The minimum absolute atomic E-state index is 0.0574. The van der Waals surface area contributed by atoms with E-state index in [1.54, 1.807) is 0 Å². The van der Waals surface area contributed by atoms with Crippen LogP contribution in [0.25, 0.3) is 0 Å². The van der Waals surface area contributed by atoms with Crippen molar-refractivity contribution in [2.24, 2.45) is 5.73 Å². The van der Waals surface area contributed by atoms with Crippen LogP contribution in [0.5, 0.6) is 0 Å². The monoisotopic (exact) mass is 186 g/mol. The Morgan fingerprint density at radius 2 is 2.54 bits per heavy atom. The third-order valence-corrected chi connectivity index (χ3v) is 2.28. The summed E-state index contributed by atoms with van der Waals surface area (Å²) in [6.45, 7) is 3.34. The Labute approximate surface area is 78.8 Å². The standard InChI is InChI=1S/C9H18N2O2/c1-2-8(10)9(12)11-7-4-3-5-13-6-7/h7-8H,2-6,10H2,1H3,(H,11,12)/t7?,8-/m1/s1. The lowest BCUT2D eigenvalue weighted by Crippen LogP contribution is -2.47. The van der Waals surface area contributed by atoms with Gasteiger partial charge in [0, 0.05) is 6.61 Å². The number of hydrogen-bond acceptors (Lipinski definition) is 3. The Balaban J connectivity index is 2.26. The SMILES string of the molecule is CC[C@@H](N)C(=O)NC1CCCOC1. The van der Waals surface area contributed by atoms with Crippen molar-refractivity contribution < 1.29 is 9.53 Å². The van der Waals surface area contributed by atoms with Gasteiger partial charge in [-0.25, -0.2) is 0 Å². The first-order valence-electron chi connectivity index (χ1n) is 4.87. The van der Waals surface area contributed by atoms with E-state index in [1.807, 2.05) is 6.92 Å². The number of nitrogens with two attached hydrogens (primary N) is 1. The number of nitrogens with one attached hydrogen (secondary N) is 1. The summed E-state index contributed by atoms with van der Waals surface area (Å²) < 4.78 is 5.24. The number of ether oxygens (including phenoxy) is 1. The maximum absolute atomic E-state index is 11.4. The van der Waals surface area contributed by atoms with Crippen LogP contribution in [0.3, 0.4) is 0 Å². The molecular formula is C9H18N2O2. The number of carbonyl (C=O) groups excluding carboxylic acids is 1. The van der Waals surface area contributed by atoms with E-state index in [1.165, 1.54) is 0 Å². The third kappa shape index (κ3) is 3.32. The third-order valence-electron chi connectivity index (χ3n) is 2.28. The molecule has 1 aliphatic rings. The van der Waals surface area contributed by atoms with Gasteiger partial charge in [-0.05, 0) is 19.3 Å². The van der Waals surface area contributed by atoms with Crippen molar-refractivity contribution in [3.8, 4) is 0 Å². The largest absolute Gasteiger partial charge is 0.379 e. The Kier molecular flexibility index (Phi) is 4.18. The first-order valence-corrected chi connectivity index (χ1v) is 4.87. The molecule has 1 fully saturated rings. The molecule has 0 aliphatic carbocycles. The van der Waals surface area contributed by atoms with Gasteiger partial charge in [0.05, 0.1) is 18.7 Å². The van der Waals surface area contributed by atoms with Crippen molar-refractivity contribution in [1.82, 2.24) is 5.32 Å². The molecule has 0 radical (unpaired) electrons. The average Bonchev–Trinajstić information content (AvgIpc) is 2.18. The van der Waals surface area contributed by atoms with Crippen LogP contribution in [0.2, 0.25) is 0 Å². The highest BCUT2D eigenvalue weighted by Gasteiger charge is 2.18. The molecule has 1 aliphatic heterocycles. The maximum Gasteiger partial charge on any atom is 0.237 e. The quantitative estimate of drug-likeness (QED) is 0.653. The van der Waals surface area contributed by atoms with Crippen LogP contribution in [-0.2, 0) is 9.53 Å². The first-order chi connectivity index (χ1) is 6.24. The zero-order valence-corrected chi connectivity index (χ0v) is 8.08. The molecule has 1 saturated heterocycles. The van der Waals surface area contributed by atoms with Crippen LogP contribution in [-0.4, -0.2) is 31.2 Å². The van der Waals surface area contributed by atoms with E-state index < -0.39 is 0 Å². The maximum atomic E-state index is 11.4. The van der Waals surface area contributed by atoms with E-state index >= 15 is 0 Å². The molecule has 1 unspecified atom stereocenters. The summed E-state index contributed by atoms with van der Waals surface area (Å²) in [4.78, 5) is 11.4. The fourth-order valence-electron chi connectivity index (χ4n) is 1.35. The van der Waals surface area contributed by atoms with Gasteiger partial charge in [0.1, 0.15) is 0 Å². The lowest BCUT2D eigenvalue weighted by molar-refractivity contribution is -0.124. The zero-order valence-electron chi connectivity index (χ0n) is 8.08. The van der Waals surface area contributed by atoms with Gasteiger partial charge in [-0.2, -0.15) is 0 Å². The van der Waals surface area contributed by atoms with E-state index in [-0.39, 0.29) is 18.0 Å². The summed E-state index contributed by atoms with van der Waals surface area (Å²) in [7, 11) is 0. The second-order valence-corrected chi connectivity index (χ2v) is 3.44. The van der Waals surface area contributed by atoms with Crippen molar-refractivity contribution in [3.63, 3.8) is 0 Å². The molecule has 3 N–H and O–H groups in total. The molecule has 2 atom stereocenters. The predicted octanol–water partition coefficient (Wildman–Crippen LogP) is 0.0189. The lowest BCUT2D eigenvalue weighted by Gasteiger charge is -2.24. The molecule has 1 rings (SSSR count). The minimum atomic E-state index is -0.373. The van der Waals surface area contributed by atoms with Gasteiger partial charge in [0.2, 0.25) is 5.91 Å². The van der Waals surface area contributed by atoms with Crippen molar-refractivity contribution in [1.29, 1.82) is 0 Å². The summed E-state index contributed by atoms with van der Waals surface area (Å²) in [6.07, 6.45) is 2.70. The summed E-state index contributed by atoms with van der Waals surface area (Å²) in [5.41, 5.74) is 5.58. The fraction of sp³-hybridized carbons (Fsp3) is 0.889. The van der Waals surface area contributed by atoms with Gasteiger partial charge in [0.15, 0.2) is 0 Å². The molecule has 4 nitrogen and oxygen atoms in total. The summed E-state index contributed by atoms with van der Waals surface area (Å²) >= 11 is 0. The van der Waals surface area contributed by atoms with Crippen LogP contribution < -0.4 is 11.1 Å². The van der Waals surface area contributed by atoms with E-state index in [0.29, 0.717) is 13.0 Å². The molecule has 4 heteroatoms. The van der Waals surface area contributed by atoms with Crippen molar-refractivity contribution in [2.75, 3.05) is 13.2 Å². The highest BCUT2D eigenvalue weighted by Crippen LogP contribution is 2.05. The van der Waals surface area contributed by atoms with Gasteiger partial charge in [-0.15, -0.1) is 0 Å². The normalized spacial score (nSPS) is 25.2. The van der Waals surface area contributed by atoms with Crippen LogP contribution in [0.1, 0.15) is 26.2 Å². The van der Waals surface area contributed by atoms with Crippen molar-refractivity contribution in [3.05, 3.63) is 0 Å². The molecule has 0 bridgehead atoms. The lowest BCUT2D eigenvalue weighted by atomic mass is 10.1. The van der Waals surface area contributed by atoms with Gasteiger partial charge >= 0.3 is 0 Å². The van der Waals surface area contributed by atoms with Crippen LogP contribution in [0, 0.1) is 0 Å². The Bertz CT molecular complexity index is 167. The van der Waals surface area contributed by atoms with Gasteiger partial charge in [-0.1, -0.05) is 6.92 Å². The number of amides is 1. The molecule has 13 heavy (non-hydrogen) atoms. The molecule has 0 spiro atoms. The van der Waals surface area contributed by atoms with E-state index in [9.17, 15) is 4.79 Å². The first kappa shape index (κ1) is 10.5. The average molecular weight is 186 g/mol. The predicted molar refractivity (Wildman–Crippen MR) is 50.3 cm³/mol. The number of rotatable bonds is 3. The van der Waals surface area contributed by atoms with Gasteiger partial charge < -0.3 is 15.8 Å². The smallest absolute Gasteiger partial charge is 0.237 e. The summed E-state index contributed by atoms with van der Waals surface area (Å²) in [5, 5.41) is 2.88. The van der Waals surface area contributed by atoms with Crippen molar-refractivity contribution >= 4 is 5.91 Å². The van der Waals surface area contributed by atoms with Gasteiger partial charge in [-0.3, -0.25) is 4.79 Å². The second-order valence-electron chi connectivity index (χ2n) is 3.44. The van der Waals surface area contributed by atoms with E-state index in [4.69, 9.17) is 10.5 Å². The molecule has 0 saturated carbocycles. The Morgan fingerprint density at radius 1 is 1.77 bits per heavy atom. The molecule has 0 aromatic carbocycles. The van der Waals surface area contributed by atoms with E-state index in [0.717, 1.165) is 19.4 Å². The van der Waals surface area contributed by atoms with Crippen LogP contribution >= 0.6 is 0 Å². The fourth-order valence-corrected chi connectivity index (χ4v) is 1.35. The summed E-state index contributed by atoms with van der Waals surface area (Å²) in [6, 6.07) is -0.208. The van der Waals surface area contributed by atoms with Crippen LogP contribution in [0.15, 0.2) is 0 Å². The minimum Gasteiger partial charge on any atom is -0.379 e. The Hall–Kier alpha value is -0.610. The topological polar surface area (TPSA) is 64.4 Å². The molecule has 1 heterocycles. The molecular weight excluding hydrogens is 168 g/mol. The number of hydrogen-bond donors (Lipinski definition) is 2. The molecule has 76 valence electrons. The highest BCUT2D eigenvalue weighted by atomic mass is 16.5.